The molecule has 0 unspecified atom stereocenters. The zero-order chi connectivity index (χ0) is 20.5. The number of hydrogen-bond donors (Lipinski definition) is 2. The van der Waals surface area contributed by atoms with Crippen LogP contribution < -0.4 is 15.8 Å². The summed E-state index contributed by atoms with van der Waals surface area (Å²) in [7, 11) is 1.61. The number of nitrogens with one attached hydrogen (secondary N) is 1. The summed E-state index contributed by atoms with van der Waals surface area (Å²) in [6.07, 6.45) is 0. The van der Waals surface area contributed by atoms with Crippen LogP contribution in [0, 0.1) is 5.82 Å². The van der Waals surface area contributed by atoms with E-state index in [-0.39, 0.29) is 11.9 Å². The van der Waals surface area contributed by atoms with Crippen molar-refractivity contribution in [1.82, 2.24) is 19.7 Å². The molecule has 4 rings (SSSR count). The Morgan fingerprint density at radius 3 is 2.52 bits per heavy atom. The van der Waals surface area contributed by atoms with E-state index in [9.17, 15) is 4.39 Å². The van der Waals surface area contributed by atoms with Crippen LogP contribution in [-0.2, 0) is 0 Å². The van der Waals surface area contributed by atoms with Crippen LogP contribution in [-0.4, -0.2) is 32.9 Å². The van der Waals surface area contributed by atoms with E-state index < -0.39 is 0 Å². The molecular weight excluding hydrogens is 371 g/mol. The van der Waals surface area contributed by atoms with Gasteiger partial charge in [-0.15, -0.1) is 5.10 Å². The van der Waals surface area contributed by atoms with Crippen LogP contribution in [0.5, 0.6) is 5.75 Å². The van der Waals surface area contributed by atoms with Gasteiger partial charge in [0.25, 0.3) is 0 Å². The average molecular weight is 392 g/mol. The Morgan fingerprint density at radius 2 is 1.86 bits per heavy atom. The summed E-state index contributed by atoms with van der Waals surface area (Å²) in [5.41, 5.74) is 8.75. The van der Waals surface area contributed by atoms with Crippen molar-refractivity contribution < 1.29 is 9.13 Å². The average Bonchev–Trinajstić information content (AvgIpc) is 3.03. The first-order chi connectivity index (χ1) is 14.0. The van der Waals surface area contributed by atoms with E-state index in [1.807, 2.05) is 38.1 Å². The van der Waals surface area contributed by atoms with Crippen molar-refractivity contribution in [3.05, 3.63) is 54.3 Å². The number of rotatable bonds is 5. The minimum Gasteiger partial charge on any atom is -0.497 e. The lowest BCUT2D eigenvalue weighted by Crippen LogP contribution is -2.13. The Hall–Kier alpha value is -3.68. The lowest BCUT2D eigenvalue weighted by Gasteiger charge is -2.10. The number of hydrogen-bond acceptors (Lipinski definition) is 6. The molecule has 0 fully saturated rings. The normalized spacial score (nSPS) is 11.2. The zero-order valence-corrected chi connectivity index (χ0v) is 16.3. The predicted molar refractivity (Wildman–Crippen MR) is 112 cm³/mol. The molecule has 8 heteroatoms. The summed E-state index contributed by atoms with van der Waals surface area (Å²) in [5.74, 6) is 1.16. The van der Waals surface area contributed by atoms with Gasteiger partial charge in [0.15, 0.2) is 5.65 Å². The SMILES string of the molecule is COc1ccc(-n2nc3nc(NC(C)C)nc(-c4cccc(F)c4)c3c2N)cc1. The Morgan fingerprint density at radius 1 is 1.10 bits per heavy atom. The molecule has 2 aromatic heterocycles. The van der Waals surface area contributed by atoms with Crippen molar-refractivity contribution in [2.75, 3.05) is 18.2 Å². The molecule has 0 amide bonds. The van der Waals surface area contributed by atoms with E-state index in [0.717, 1.165) is 11.4 Å². The smallest absolute Gasteiger partial charge is 0.225 e. The quantitative estimate of drug-likeness (QED) is 0.533. The van der Waals surface area contributed by atoms with E-state index in [0.29, 0.717) is 34.1 Å². The number of methoxy groups -OCH3 is 1. The molecule has 3 N–H and O–H groups in total. The van der Waals surface area contributed by atoms with Crippen LogP contribution in [0.4, 0.5) is 16.2 Å². The maximum atomic E-state index is 13.9. The Labute approximate surface area is 167 Å². The molecule has 0 spiro atoms. The minimum atomic E-state index is -0.353. The van der Waals surface area contributed by atoms with E-state index in [4.69, 9.17) is 10.5 Å². The third-order valence-corrected chi connectivity index (χ3v) is 4.40. The largest absolute Gasteiger partial charge is 0.497 e. The molecule has 2 aromatic carbocycles. The van der Waals surface area contributed by atoms with Gasteiger partial charge in [-0.1, -0.05) is 12.1 Å². The van der Waals surface area contributed by atoms with Gasteiger partial charge in [-0.25, -0.2) is 14.1 Å². The number of nitrogens with zero attached hydrogens (tertiary/aromatic N) is 4. The van der Waals surface area contributed by atoms with Crippen LogP contribution in [0.2, 0.25) is 0 Å². The number of anilines is 2. The predicted octanol–water partition coefficient (Wildman–Crippen LogP) is 4.03. The molecule has 0 aliphatic rings. The fraction of sp³-hybridized carbons (Fsp3) is 0.190. The van der Waals surface area contributed by atoms with Crippen LogP contribution >= 0.6 is 0 Å². The number of ether oxygens (including phenoxy) is 1. The lowest BCUT2D eigenvalue weighted by atomic mass is 10.1. The fourth-order valence-corrected chi connectivity index (χ4v) is 3.10. The van der Waals surface area contributed by atoms with Crippen LogP contribution in [0.1, 0.15) is 13.8 Å². The molecule has 2 heterocycles. The Kier molecular flexibility index (Phi) is 4.75. The molecule has 0 atom stereocenters. The minimum absolute atomic E-state index is 0.119. The van der Waals surface area contributed by atoms with Gasteiger partial charge in [0, 0.05) is 11.6 Å². The summed E-state index contributed by atoms with van der Waals surface area (Å²) in [6.45, 7) is 3.97. The molecule has 0 bridgehead atoms. The van der Waals surface area contributed by atoms with E-state index in [2.05, 4.69) is 20.4 Å². The van der Waals surface area contributed by atoms with E-state index >= 15 is 0 Å². The third kappa shape index (κ3) is 3.56. The second-order valence-electron chi connectivity index (χ2n) is 6.90. The molecular formula is C21H21FN6O. The molecule has 0 radical (unpaired) electrons. The van der Waals surface area contributed by atoms with Gasteiger partial charge >= 0.3 is 0 Å². The van der Waals surface area contributed by atoms with Crippen molar-refractivity contribution in [1.29, 1.82) is 0 Å². The van der Waals surface area contributed by atoms with Crippen LogP contribution in [0.15, 0.2) is 48.5 Å². The molecule has 148 valence electrons. The first-order valence-corrected chi connectivity index (χ1v) is 9.19. The van der Waals surface area contributed by atoms with Gasteiger partial charge in [0.1, 0.15) is 17.4 Å². The topological polar surface area (TPSA) is 90.9 Å². The number of aromatic nitrogens is 4. The maximum absolute atomic E-state index is 13.9. The second-order valence-corrected chi connectivity index (χ2v) is 6.90. The number of benzene rings is 2. The Balaban J connectivity index is 1.95. The molecule has 7 nitrogen and oxygen atoms in total. The van der Waals surface area contributed by atoms with Crippen molar-refractivity contribution in [3.63, 3.8) is 0 Å². The molecule has 0 aliphatic heterocycles. The van der Waals surface area contributed by atoms with Gasteiger partial charge in [-0.2, -0.15) is 4.98 Å². The number of fused-ring (bicyclic) bond motifs is 1. The second kappa shape index (κ2) is 7.38. The monoisotopic (exact) mass is 392 g/mol. The molecule has 29 heavy (non-hydrogen) atoms. The van der Waals surface area contributed by atoms with Crippen molar-refractivity contribution >= 4 is 22.8 Å². The van der Waals surface area contributed by atoms with Crippen molar-refractivity contribution in [2.45, 2.75) is 19.9 Å². The fourth-order valence-electron chi connectivity index (χ4n) is 3.10. The van der Waals surface area contributed by atoms with Crippen molar-refractivity contribution in [2.24, 2.45) is 0 Å². The molecule has 4 aromatic rings. The van der Waals surface area contributed by atoms with Crippen LogP contribution in [0.3, 0.4) is 0 Å². The van der Waals surface area contributed by atoms with Gasteiger partial charge < -0.3 is 15.8 Å². The summed E-state index contributed by atoms with van der Waals surface area (Å²) in [6, 6.07) is 13.7. The van der Waals surface area contributed by atoms with Crippen molar-refractivity contribution in [3.8, 4) is 22.7 Å². The highest BCUT2D eigenvalue weighted by atomic mass is 19.1. The highest BCUT2D eigenvalue weighted by Gasteiger charge is 2.19. The lowest BCUT2D eigenvalue weighted by molar-refractivity contribution is 0.414. The number of nitrogens with two attached hydrogens (primary N) is 1. The zero-order valence-electron chi connectivity index (χ0n) is 16.3. The van der Waals surface area contributed by atoms with E-state index in [1.165, 1.54) is 12.1 Å². The summed E-state index contributed by atoms with van der Waals surface area (Å²) >= 11 is 0. The van der Waals surface area contributed by atoms with Gasteiger partial charge in [-0.05, 0) is 50.2 Å². The highest BCUT2D eigenvalue weighted by molar-refractivity contribution is 5.99. The third-order valence-electron chi connectivity index (χ3n) is 4.40. The van der Waals surface area contributed by atoms with Gasteiger partial charge in [-0.3, -0.25) is 0 Å². The maximum Gasteiger partial charge on any atom is 0.225 e. The number of halogens is 1. The van der Waals surface area contributed by atoms with Gasteiger partial charge in [0.2, 0.25) is 5.95 Å². The summed E-state index contributed by atoms with van der Waals surface area (Å²) in [5, 5.41) is 8.33. The first kappa shape index (κ1) is 18.7. The summed E-state index contributed by atoms with van der Waals surface area (Å²) < 4.78 is 20.7. The summed E-state index contributed by atoms with van der Waals surface area (Å²) in [4.78, 5) is 9.12. The molecule has 0 saturated heterocycles. The standard InChI is InChI=1S/C21H21FN6O/c1-12(2)24-21-25-18(13-5-4-6-14(22)11-13)17-19(23)28(27-20(17)26-21)15-7-9-16(29-3)10-8-15/h4-12H,23H2,1-3H3,(H,24,26,27). The Bertz CT molecular complexity index is 1170. The first-order valence-electron chi connectivity index (χ1n) is 9.19. The highest BCUT2D eigenvalue weighted by Crippen LogP contribution is 2.33. The molecule has 0 aliphatic carbocycles. The van der Waals surface area contributed by atoms with Crippen LogP contribution in [0.25, 0.3) is 28.0 Å². The van der Waals surface area contributed by atoms with Gasteiger partial charge in [0.05, 0.1) is 23.9 Å². The molecule has 0 saturated carbocycles. The number of nitrogen functional groups attached to an aromatic ring is 1. The van der Waals surface area contributed by atoms with E-state index in [1.54, 1.807) is 23.9 Å².